The number of aromatic nitrogens is 2. The van der Waals surface area contributed by atoms with Gasteiger partial charge >= 0.3 is 0 Å². The van der Waals surface area contributed by atoms with Crippen LogP contribution in [0.4, 0.5) is 14.5 Å². The van der Waals surface area contributed by atoms with E-state index < -0.39 is 5.92 Å². The smallest absolute Gasteiger partial charge is 0.273 e. The first-order valence-electron chi connectivity index (χ1n) is 11.4. The van der Waals surface area contributed by atoms with Crippen LogP contribution >= 0.6 is 0 Å². The van der Waals surface area contributed by atoms with E-state index in [0.29, 0.717) is 24.6 Å². The summed E-state index contributed by atoms with van der Waals surface area (Å²) >= 11 is 0. The molecular weight excluding hydrogens is 444 g/mol. The number of alkyl halides is 2. The number of benzene rings is 3. The van der Waals surface area contributed by atoms with Gasteiger partial charge in [0.15, 0.2) is 0 Å². The first kappa shape index (κ1) is 24.1. The maximum atomic E-state index is 13.8. The molecule has 0 aliphatic heterocycles. The predicted molar refractivity (Wildman–Crippen MR) is 135 cm³/mol. The Morgan fingerprint density at radius 2 is 1.57 bits per heavy atom. The number of hydrogen-bond acceptors (Lipinski definition) is 4. The monoisotopic (exact) mass is 471 g/mol. The normalized spacial score (nSPS) is 11.2. The Kier molecular flexibility index (Phi) is 7.51. The fraction of sp³-hybridized carbons (Fsp3) is 0.172. The molecular formula is C29H27F2N3O. The van der Waals surface area contributed by atoms with E-state index >= 15 is 0 Å². The van der Waals surface area contributed by atoms with E-state index in [2.05, 4.69) is 21.9 Å². The van der Waals surface area contributed by atoms with Gasteiger partial charge < -0.3 is 10.1 Å². The SMILES string of the molecule is C=C(Cc1ccc(C(F)(F)CC)cc1)Nc1ccc(-c2nccnc2OCc2ccccc2)cc1. The quantitative estimate of drug-likeness (QED) is 0.262. The molecule has 0 saturated carbocycles. The first-order chi connectivity index (χ1) is 16.9. The van der Waals surface area contributed by atoms with Crippen molar-refractivity contribution in [2.24, 2.45) is 0 Å². The van der Waals surface area contributed by atoms with Gasteiger partial charge in [0.1, 0.15) is 12.3 Å². The average Bonchev–Trinajstić information content (AvgIpc) is 2.89. The average molecular weight is 472 g/mol. The van der Waals surface area contributed by atoms with Crippen molar-refractivity contribution in [3.63, 3.8) is 0 Å². The Morgan fingerprint density at radius 3 is 2.26 bits per heavy atom. The molecule has 3 aromatic carbocycles. The number of hydrogen-bond donors (Lipinski definition) is 1. The van der Waals surface area contributed by atoms with Gasteiger partial charge in [-0.3, -0.25) is 0 Å². The minimum Gasteiger partial charge on any atom is -0.471 e. The minimum absolute atomic E-state index is 0.0361. The van der Waals surface area contributed by atoms with Crippen LogP contribution in [0, 0.1) is 0 Å². The summed E-state index contributed by atoms with van der Waals surface area (Å²) in [7, 11) is 0. The zero-order chi connectivity index (χ0) is 24.7. The first-order valence-corrected chi connectivity index (χ1v) is 11.4. The number of ether oxygens (including phenoxy) is 1. The van der Waals surface area contributed by atoms with Gasteiger partial charge in [-0.25, -0.2) is 18.7 Å². The molecule has 0 aliphatic carbocycles. The number of halogens is 2. The van der Waals surface area contributed by atoms with Crippen molar-refractivity contribution >= 4 is 5.69 Å². The highest BCUT2D eigenvalue weighted by atomic mass is 19.3. The second-order valence-corrected chi connectivity index (χ2v) is 8.22. The maximum Gasteiger partial charge on any atom is 0.273 e. The standard InChI is InChI=1S/C29H27F2N3O/c1-3-29(30,31)25-13-9-22(10-14-25)19-21(2)34-26-15-11-24(12-16-26)27-28(33-18-17-32-27)35-20-23-7-5-4-6-8-23/h4-18,34H,2-3,19-20H2,1H3. The molecule has 1 heterocycles. The highest BCUT2D eigenvalue weighted by Gasteiger charge is 2.28. The lowest BCUT2D eigenvalue weighted by Crippen LogP contribution is -2.11. The summed E-state index contributed by atoms with van der Waals surface area (Å²) in [5.41, 5.74) is 5.17. The summed E-state index contributed by atoms with van der Waals surface area (Å²) in [4.78, 5) is 8.81. The summed E-state index contributed by atoms with van der Waals surface area (Å²) in [6.45, 7) is 5.96. The van der Waals surface area contributed by atoms with Crippen molar-refractivity contribution in [2.45, 2.75) is 32.3 Å². The van der Waals surface area contributed by atoms with E-state index in [1.165, 1.54) is 19.1 Å². The number of allylic oxidation sites excluding steroid dienone is 1. The Hall–Kier alpha value is -4.06. The fourth-order valence-electron chi connectivity index (χ4n) is 3.63. The molecule has 4 aromatic rings. The third kappa shape index (κ3) is 6.29. The van der Waals surface area contributed by atoms with E-state index in [1.807, 2.05) is 54.6 Å². The van der Waals surface area contributed by atoms with Gasteiger partial charge in [-0.2, -0.15) is 0 Å². The Labute approximate surface area is 204 Å². The van der Waals surface area contributed by atoms with Crippen molar-refractivity contribution < 1.29 is 13.5 Å². The molecule has 4 rings (SSSR count). The molecule has 0 fully saturated rings. The van der Waals surface area contributed by atoms with Crippen LogP contribution in [-0.4, -0.2) is 9.97 Å². The van der Waals surface area contributed by atoms with E-state index in [0.717, 1.165) is 28.1 Å². The summed E-state index contributed by atoms with van der Waals surface area (Å²) in [5, 5.41) is 3.28. The van der Waals surface area contributed by atoms with Crippen LogP contribution in [0.1, 0.15) is 30.0 Å². The molecule has 0 radical (unpaired) electrons. The number of nitrogens with zero attached hydrogens (tertiary/aromatic N) is 2. The molecule has 0 bridgehead atoms. The fourth-order valence-corrected chi connectivity index (χ4v) is 3.63. The number of rotatable bonds is 10. The number of nitrogens with one attached hydrogen (secondary N) is 1. The van der Waals surface area contributed by atoms with Crippen molar-refractivity contribution in [3.05, 3.63) is 120 Å². The molecule has 0 aliphatic rings. The molecule has 6 heteroatoms. The zero-order valence-corrected chi connectivity index (χ0v) is 19.5. The highest BCUT2D eigenvalue weighted by molar-refractivity contribution is 5.67. The van der Waals surface area contributed by atoms with Crippen LogP contribution in [0.15, 0.2) is 104 Å². The van der Waals surface area contributed by atoms with Gasteiger partial charge in [0.25, 0.3) is 5.92 Å². The van der Waals surface area contributed by atoms with Crippen LogP contribution < -0.4 is 10.1 Å². The second kappa shape index (κ2) is 10.9. The van der Waals surface area contributed by atoms with Crippen molar-refractivity contribution in [2.75, 3.05) is 5.32 Å². The van der Waals surface area contributed by atoms with Gasteiger partial charge in [-0.15, -0.1) is 0 Å². The summed E-state index contributed by atoms with van der Waals surface area (Å²) in [5.74, 6) is -2.33. The minimum atomic E-state index is -2.80. The maximum absolute atomic E-state index is 13.8. The molecule has 178 valence electrons. The molecule has 1 aromatic heterocycles. The van der Waals surface area contributed by atoms with Gasteiger partial charge in [-0.1, -0.05) is 80.2 Å². The van der Waals surface area contributed by atoms with Crippen molar-refractivity contribution in [1.82, 2.24) is 9.97 Å². The molecule has 0 atom stereocenters. The lowest BCUT2D eigenvalue weighted by atomic mass is 10.0. The Morgan fingerprint density at radius 1 is 0.886 bits per heavy atom. The molecule has 35 heavy (non-hydrogen) atoms. The lowest BCUT2D eigenvalue weighted by Gasteiger charge is -2.15. The third-order valence-electron chi connectivity index (χ3n) is 5.60. The van der Waals surface area contributed by atoms with E-state index in [4.69, 9.17) is 4.74 Å². The summed E-state index contributed by atoms with van der Waals surface area (Å²) < 4.78 is 33.6. The van der Waals surface area contributed by atoms with Gasteiger partial charge in [0.05, 0.1) is 0 Å². The molecule has 1 N–H and O–H groups in total. The molecule has 0 unspecified atom stereocenters. The van der Waals surface area contributed by atoms with Crippen molar-refractivity contribution in [3.8, 4) is 17.1 Å². The van der Waals surface area contributed by atoms with Gasteiger partial charge in [0, 0.05) is 47.7 Å². The van der Waals surface area contributed by atoms with Gasteiger partial charge in [0.2, 0.25) is 5.88 Å². The van der Waals surface area contributed by atoms with Crippen LogP contribution in [-0.2, 0) is 19.0 Å². The Balaban J connectivity index is 1.38. The predicted octanol–water partition coefficient (Wildman–Crippen LogP) is 7.39. The van der Waals surface area contributed by atoms with Crippen LogP contribution in [0.2, 0.25) is 0 Å². The lowest BCUT2D eigenvalue weighted by molar-refractivity contribution is -0.00829. The molecule has 0 amide bonds. The van der Waals surface area contributed by atoms with Crippen molar-refractivity contribution in [1.29, 1.82) is 0 Å². The zero-order valence-electron chi connectivity index (χ0n) is 19.5. The molecule has 4 nitrogen and oxygen atoms in total. The summed E-state index contributed by atoms with van der Waals surface area (Å²) in [6, 6.07) is 24.1. The highest BCUT2D eigenvalue weighted by Crippen LogP contribution is 2.31. The van der Waals surface area contributed by atoms with Crippen LogP contribution in [0.3, 0.4) is 0 Å². The Bertz CT molecular complexity index is 1260. The molecule has 0 spiro atoms. The second-order valence-electron chi connectivity index (χ2n) is 8.22. The van der Waals surface area contributed by atoms with Gasteiger partial charge in [-0.05, 0) is 23.3 Å². The topological polar surface area (TPSA) is 47.0 Å². The largest absolute Gasteiger partial charge is 0.471 e. The third-order valence-corrected chi connectivity index (χ3v) is 5.60. The van der Waals surface area contributed by atoms with E-state index in [-0.39, 0.29) is 12.0 Å². The van der Waals surface area contributed by atoms with Crippen LogP contribution in [0.25, 0.3) is 11.3 Å². The number of anilines is 1. The van der Waals surface area contributed by atoms with E-state index in [1.54, 1.807) is 24.5 Å². The van der Waals surface area contributed by atoms with E-state index in [9.17, 15) is 8.78 Å². The molecule has 0 saturated heterocycles. The van der Waals surface area contributed by atoms with Crippen LogP contribution in [0.5, 0.6) is 5.88 Å². The summed E-state index contributed by atoms with van der Waals surface area (Å²) in [6.07, 6.45) is 3.56.